The Morgan fingerprint density at radius 1 is 1.00 bits per heavy atom. The number of hydrogen-bond donors (Lipinski definition) is 2. The van der Waals surface area contributed by atoms with Crippen molar-refractivity contribution in [1.82, 2.24) is 5.32 Å². The van der Waals surface area contributed by atoms with E-state index < -0.39 is 0 Å². The molecule has 1 amide bonds. The largest absolute Gasteiger partial charge is 0.325 e. The van der Waals surface area contributed by atoms with E-state index in [0.29, 0.717) is 15.7 Å². The molecule has 0 bridgehead atoms. The lowest BCUT2D eigenvalue weighted by atomic mass is 10.1. The summed E-state index contributed by atoms with van der Waals surface area (Å²) < 4.78 is 0. The van der Waals surface area contributed by atoms with Crippen LogP contribution in [0, 0.1) is 0 Å². The van der Waals surface area contributed by atoms with Crippen LogP contribution in [0.1, 0.15) is 25.5 Å². The third-order valence-corrected chi connectivity index (χ3v) is 3.84. The van der Waals surface area contributed by atoms with Gasteiger partial charge in [0.1, 0.15) is 0 Å². The maximum atomic E-state index is 12.2. The average molecular weight is 337 g/mol. The van der Waals surface area contributed by atoms with Gasteiger partial charge >= 0.3 is 0 Å². The summed E-state index contributed by atoms with van der Waals surface area (Å²) in [6, 6.07) is 14.4. The number of anilines is 1. The fraction of sp³-hybridized carbons (Fsp3) is 0.235. The quantitative estimate of drug-likeness (QED) is 0.832. The highest BCUT2D eigenvalue weighted by Crippen LogP contribution is 2.18. The van der Waals surface area contributed by atoms with Gasteiger partial charge in [-0.25, -0.2) is 0 Å². The van der Waals surface area contributed by atoms with Gasteiger partial charge in [-0.1, -0.05) is 41.4 Å². The predicted octanol–water partition coefficient (Wildman–Crippen LogP) is 4.67. The summed E-state index contributed by atoms with van der Waals surface area (Å²) in [6.45, 7) is 3.83. The summed E-state index contributed by atoms with van der Waals surface area (Å²) in [7, 11) is 0. The first kappa shape index (κ1) is 16.8. The normalized spacial score (nSPS) is 13.5. The Morgan fingerprint density at radius 2 is 1.68 bits per heavy atom. The highest BCUT2D eigenvalue weighted by molar-refractivity contribution is 6.31. The first-order valence-electron chi connectivity index (χ1n) is 7.03. The van der Waals surface area contributed by atoms with Gasteiger partial charge < -0.3 is 5.32 Å². The maximum Gasteiger partial charge on any atom is 0.241 e. The van der Waals surface area contributed by atoms with Crippen molar-refractivity contribution in [3.05, 3.63) is 64.1 Å². The van der Waals surface area contributed by atoms with Gasteiger partial charge in [0.2, 0.25) is 5.91 Å². The third kappa shape index (κ3) is 4.73. The zero-order valence-electron chi connectivity index (χ0n) is 12.4. The molecule has 0 heterocycles. The third-order valence-electron chi connectivity index (χ3n) is 3.36. The van der Waals surface area contributed by atoms with E-state index in [2.05, 4.69) is 10.6 Å². The van der Waals surface area contributed by atoms with Crippen LogP contribution < -0.4 is 10.6 Å². The Hall–Kier alpha value is -1.55. The number of halogens is 2. The Kier molecular flexibility index (Phi) is 5.83. The molecule has 3 nitrogen and oxygen atoms in total. The monoisotopic (exact) mass is 336 g/mol. The van der Waals surface area contributed by atoms with Gasteiger partial charge in [-0.3, -0.25) is 10.1 Å². The number of amides is 1. The molecule has 0 aliphatic carbocycles. The molecule has 5 heteroatoms. The van der Waals surface area contributed by atoms with Crippen molar-refractivity contribution in [3.8, 4) is 0 Å². The number of nitrogens with one attached hydrogen (secondary N) is 2. The van der Waals surface area contributed by atoms with Gasteiger partial charge in [-0.2, -0.15) is 0 Å². The van der Waals surface area contributed by atoms with Crippen LogP contribution in [0.15, 0.2) is 48.5 Å². The van der Waals surface area contributed by atoms with E-state index in [1.165, 1.54) is 0 Å². The van der Waals surface area contributed by atoms with E-state index in [9.17, 15) is 4.79 Å². The molecular weight excluding hydrogens is 319 g/mol. The van der Waals surface area contributed by atoms with Gasteiger partial charge in [0.05, 0.1) is 6.04 Å². The minimum Gasteiger partial charge on any atom is -0.325 e. The highest BCUT2D eigenvalue weighted by Gasteiger charge is 2.16. The molecule has 2 rings (SSSR count). The summed E-state index contributed by atoms with van der Waals surface area (Å²) in [5.41, 5.74) is 1.76. The molecule has 0 spiro atoms. The predicted molar refractivity (Wildman–Crippen MR) is 92.5 cm³/mol. The van der Waals surface area contributed by atoms with Crippen molar-refractivity contribution < 1.29 is 4.79 Å². The molecule has 0 unspecified atom stereocenters. The van der Waals surface area contributed by atoms with Crippen LogP contribution >= 0.6 is 23.2 Å². The molecule has 2 N–H and O–H groups in total. The zero-order chi connectivity index (χ0) is 16.1. The summed E-state index contributed by atoms with van der Waals surface area (Å²) in [5, 5.41) is 7.39. The van der Waals surface area contributed by atoms with Gasteiger partial charge in [0.25, 0.3) is 0 Å². The summed E-state index contributed by atoms with van der Waals surface area (Å²) in [6.07, 6.45) is 0. The number of rotatable bonds is 5. The Labute approximate surface area is 140 Å². The van der Waals surface area contributed by atoms with E-state index in [1.807, 2.05) is 38.1 Å². The van der Waals surface area contributed by atoms with Crippen molar-refractivity contribution in [2.45, 2.75) is 25.9 Å². The van der Waals surface area contributed by atoms with Crippen LogP contribution in [0.5, 0.6) is 0 Å². The molecule has 2 aromatic carbocycles. The van der Waals surface area contributed by atoms with Crippen molar-refractivity contribution in [1.29, 1.82) is 0 Å². The van der Waals surface area contributed by atoms with Crippen LogP contribution in [-0.2, 0) is 4.79 Å². The molecule has 0 aliphatic heterocycles. The van der Waals surface area contributed by atoms with Crippen LogP contribution in [0.3, 0.4) is 0 Å². The molecule has 0 fully saturated rings. The van der Waals surface area contributed by atoms with Crippen molar-refractivity contribution >= 4 is 34.8 Å². The van der Waals surface area contributed by atoms with Crippen LogP contribution in [-0.4, -0.2) is 11.9 Å². The van der Waals surface area contributed by atoms with Crippen LogP contribution in [0.25, 0.3) is 0 Å². The lowest BCUT2D eigenvalue weighted by Gasteiger charge is -2.20. The Morgan fingerprint density at radius 3 is 2.32 bits per heavy atom. The van der Waals surface area contributed by atoms with E-state index in [1.54, 1.807) is 24.3 Å². The Balaban J connectivity index is 1.94. The fourth-order valence-corrected chi connectivity index (χ4v) is 2.43. The lowest BCUT2D eigenvalue weighted by Crippen LogP contribution is -2.39. The molecule has 22 heavy (non-hydrogen) atoms. The summed E-state index contributed by atoms with van der Waals surface area (Å²) in [5.74, 6) is -0.108. The SMILES string of the molecule is C[C@H](N[C@H](C)c1ccc(Cl)cc1)C(=O)Nc1cccc(Cl)c1. The second kappa shape index (κ2) is 7.63. The van der Waals surface area contributed by atoms with E-state index in [4.69, 9.17) is 23.2 Å². The lowest BCUT2D eigenvalue weighted by molar-refractivity contribution is -0.117. The molecule has 0 aromatic heterocycles. The fourth-order valence-electron chi connectivity index (χ4n) is 2.12. The second-order valence-electron chi connectivity index (χ2n) is 5.16. The van der Waals surface area contributed by atoms with Crippen LogP contribution in [0.4, 0.5) is 5.69 Å². The molecule has 116 valence electrons. The first-order valence-corrected chi connectivity index (χ1v) is 7.79. The van der Waals surface area contributed by atoms with Gasteiger partial charge in [0, 0.05) is 21.8 Å². The smallest absolute Gasteiger partial charge is 0.241 e. The molecule has 0 saturated carbocycles. The number of carbonyl (C=O) groups is 1. The molecular formula is C17H18Cl2N2O. The average Bonchev–Trinajstić information content (AvgIpc) is 2.47. The Bertz CT molecular complexity index is 643. The highest BCUT2D eigenvalue weighted by atomic mass is 35.5. The van der Waals surface area contributed by atoms with E-state index in [-0.39, 0.29) is 18.0 Å². The zero-order valence-corrected chi connectivity index (χ0v) is 13.9. The minimum atomic E-state index is -0.343. The van der Waals surface area contributed by atoms with Crippen molar-refractivity contribution in [3.63, 3.8) is 0 Å². The molecule has 0 saturated heterocycles. The maximum absolute atomic E-state index is 12.2. The molecule has 0 radical (unpaired) electrons. The minimum absolute atomic E-state index is 0.0392. The van der Waals surface area contributed by atoms with Crippen LogP contribution in [0.2, 0.25) is 10.0 Å². The standard InChI is InChI=1S/C17H18Cl2N2O/c1-11(13-6-8-14(18)9-7-13)20-12(2)17(22)21-16-5-3-4-15(19)10-16/h3-12,20H,1-2H3,(H,21,22)/t11-,12+/m1/s1. The van der Waals surface area contributed by atoms with Gasteiger partial charge in [-0.15, -0.1) is 0 Å². The van der Waals surface area contributed by atoms with E-state index >= 15 is 0 Å². The number of carbonyl (C=O) groups excluding carboxylic acids is 1. The topological polar surface area (TPSA) is 41.1 Å². The first-order chi connectivity index (χ1) is 10.5. The van der Waals surface area contributed by atoms with E-state index in [0.717, 1.165) is 5.56 Å². The van der Waals surface area contributed by atoms with Gasteiger partial charge in [0.15, 0.2) is 0 Å². The van der Waals surface area contributed by atoms with Crippen molar-refractivity contribution in [2.24, 2.45) is 0 Å². The number of hydrogen-bond acceptors (Lipinski definition) is 2. The molecule has 0 aliphatic rings. The summed E-state index contributed by atoms with van der Waals surface area (Å²) >= 11 is 11.8. The molecule has 2 aromatic rings. The van der Waals surface area contributed by atoms with Crippen molar-refractivity contribution in [2.75, 3.05) is 5.32 Å². The summed E-state index contributed by atoms with van der Waals surface area (Å²) in [4.78, 5) is 12.2. The second-order valence-corrected chi connectivity index (χ2v) is 6.03. The van der Waals surface area contributed by atoms with Gasteiger partial charge in [-0.05, 0) is 49.7 Å². The molecule has 2 atom stereocenters. The number of benzene rings is 2.